The van der Waals surface area contributed by atoms with E-state index < -0.39 is 13.0 Å². The summed E-state index contributed by atoms with van der Waals surface area (Å²) in [5.41, 5.74) is 0. The Morgan fingerprint density at radius 1 is 1.57 bits per heavy atom. The fourth-order valence-corrected chi connectivity index (χ4v) is 1.49. The van der Waals surface area contributed by atoms with Gasteiger partial charge in [-0.2, -0.15) is 0 Å². The lowest BCUT2D eigenvalue weighted by atomic mass is 10.1. The SMILES string of the molecule is CC1OCCC1NCCOCC(F)F. The predicted molar refractivity (Wildman–Crippen MR) is 48.6 cm³/mol. The smallest absolute Gasteiger partial charge is 0.261 e. The Morgan fingerprint density at radius 3 is 2.93 bits per heavy atom. The van der Waals surface area contributed by atoms with Crippen molar-refractivity contribution in [2.24, 2.45) is 0 Å². The second kappa shape index (κ2) is 6.27. The van der Waals surface area contributed by atoms with E-state index in [1.807, 2.05) is 6.92 Å². The summed E-state index contributed by atoms with van der Waals surface area (Å²) in [6.07, 6.45) is -1.18. The summed E-state index contributed by atoms with van der Waals surface area (Å²) in [6.45, 7) is 3.23. The van der Waals surface area contributed by atoms with Crippen LogP contribution in [0.4, 0.5) is 8.78 Å². The second-order valence-electron chi connectivity index (χ2n) is 3.39. The zero-order valence-corrected chi connectivity index (χ0v) is 8.34. The number of nitrogens with one attached hydrogen (secondary N) is 1. The molecule has 1 rings (SSSR count). The van der Waals surface area contributed by atoms with Gasteiger partial charge in [-0.25, -0.2) is 8.78 Å². The molecule has 0 aliphatic carbocycles. The van der Waals surface area contributed by atoms with E-state index in [2.05, 4.69) is 5.32 Å². The standard InChI is InChI=1S/C9H17F2NO2/c1-7-8(2-4-14-7)12-3-5-13-6-9(10)11/h7-9,12H,2-6H2,1H3. The average Bonchev–Trinajstić information content (AvgIpc) is 2.51. The van der Waals surface area contributed by atoms with Crippen molar-refractivity contribution in [1.82, 2.24) is 5.32 Å². The van der Waals surface area contributed by atoms with Crippen LogP contribution in [0.1, 0.15) is 13.3 Å². The van der Waals surface area contributed by atoms with Crippen LogP contribution in [0.2, 0.25) is 0 Å². The van der Waals surface area contributed by atoms with Gasteiger partial charge in [0.1, 0.15) is 6.61 Å². The first-order valence-electron chi connectivity index (χ1n) is 4.91. The Morgan fingerprint density at radius 2 is 2.36 bits per heavy atom. The molecule has 1 saturated heterocycles. The van der Waals surface area contributed by atoms with Gasteiger partial charge < -0.3 is 14.8 Å². The highest BCUT2D eigenvalue weighted by molar-refractivity contribution is 4.78. The van der Waals surface area contributed by atoms with Crippen LogP contribution in [0.25, 0.3) is 0 Å². The molecule has 3 nitrogen and oxygen atoms in total. The van der Waals surface area contributed by atoms with Crippen molar-refractivity contribution in [2.45, 2.75) is 31.9 Å². The lowest BCUT2D eigenvalue weighted by molar-refractivity contribution is 0.0175. The van der Waals surface area contributed by atoms with Gasteiger partial charge >= 0.3 is 0 Å². The highest BCUT2D eigenvalue weighted by Gasteiger charge is 2.22. The summed E-state index contributed by atoms with van der Waals surface area (Å²) in [5, 5.41) is 3.21. The quantitative estimate of drug-likeness (QED) is 0.663. The number of hydrogen-bond acceptors (Lipinski definition) is 3. The van der Waals surface area contributed by atoms with E-state index in [1.165, 1.54) is 0 Å². The minimum atomic E-state index is -2.37. The number of alkyl halides is 2. The molecule has 0 bridgehead atoms. The van der Waals surface area contributed by atoms with Gasteiger partial charge in [-0.1, -0.05) is 0 Å². The highest BCUT2D eigenvalue weighted by Crippen LogP contribution is 2.11. The first-order valence-corrected chi connectivity index (χ1v) is 4.91. The number of rotatable bonds is 6. The van der Waals surface area contributed by atoms with E-state index in [0.29, 0.717) is 19.2 Å². The molecule has 0 aromatic heterocycles. The number of ether oxygens (including phenoxy) is 2. The minimum absolute atomic E-state index is 0.213. The Bertz CT molecular complexity index is 158. The molecular weight excluding hydrogens is 192 g/mol. The molecular formula is C9H17F2NO2. The third-order valence-corrected chi connectivity index (χ3v) is 2.27. The van der Waals surface area contributed by atoms with Crippen LogP contribution < -0.4 is 5.32 Å². The van der Waals surface area contributed by atoms with E-state index in [-0.39, 0.29) is 6.10 Å². The molecule has 0 radical (unpaired) electrons. The molecule has 1 fully saturated rings. The molecule has 5 heteroatoms. The van der Waals surface area contributed by atoms with Gasteiger partial charge in [-0.3, -0.25) is 0 Å². The van der Waals surface area contributed by atoms with E-state index >= 15 is 0 Å². The summed E-state index contributed by atoms with van der Waals surface area (Å²) < 4.78 is 33.4. The lowest BCUT2D eigenvalue weighted by Gasteiger charge is -2.15. The van der Waals surface area contributed by atoms with Gasteiger partial charge in [0.25, 0.3) is 6.43 Å². The van der Waals surface area contributed by atoms with Crippen molar-refractivity contribution >= 4 is 0 Å². The molecule has 14 heavy (non-hydrogen) atoms. The van der Waals surface area contributed by atoms with Crippen molar-refractivity contribution in [2.75, 3.05) is 26.4 Å². The molecule has 1 heterocycles. The van der Waals surface area contributed by atoms with Crippen LogP contribution >= 0.6 is 0 Å². The van der Waals surface area contributed by atoms with Crippen LogP contribution in [-0.2, 0) is 9.47 Å². The number of halogens is 2. The molecule has 0 saturated carbocycles. The zero-order valence-electron chi connectivity index (χ0n) is 8.34. The van der Waals surface area contributed by atoms with Gasteiger partial charge in [0.05, 0.1) is 12.7 Å². The summed E-state index contributed by atoms with van der Waals surface area (Å²) in [4.78, 5) is 0. The van der Waals surface area contributed by atoms with E-state index in [9.17, 15) is 8.78 Å². The average molecular weight is 209 g/mol. The van der Waals surface area contributed by atoms with Crippen LogP contribution in [0.5, 0.6) is 0 Å². The Kier molecular flexibility index (Phi) is 5.29. The third kappa shape index (κ3) is 4.30. The van der Waals surface area contributed by atoms with E-state index in [4.69, 9.17) is 9.47 Å². The zero-order chi connectivity index (χ0) is 10.4. The summed E-state index contributed by atoms with van der Waals surface area (Å²) >= 11 is 0. The van der Waals surface area contributed by atoms with Gasteiger partial charge in [0.2, 0.25) is 0 Å². The summed E-state index contributed by atoms with van der Waals surface area (Å²) in [5.74, 6) is 0. The fourth-order valence-electron chi connectivity index (χ4n) is 1.49. The van der Waals surface area contributed by atoms with Crippen molar-refractivity contribution in [3.8, 4) is 0 Å². The largest absolute Gasteiger partial charge is 0.377 e. The molecule has 1 aliphatic rings. The Labute approximate surface area is 82.8 Å². The van der Waals surface area contributed by atoms with Crippen LogP contribution in [0, 0.1) is 0 Å². The normalized spacial score (nSPS) is 27.4. The molecule has 1 aliphatic heterocycles. The summed E-state index contributed by atoms with van der Waals surface area (Å²) in [7, 11) is 0. The topological polar surface area (TPSA) is 30.5 Å². The van der Waals surface area contributed by atoms with Gasteiger partial charge in [0, 0.05) is 19.2 Å². The maximum Gasteiger partial charge on any atom is 0.261 e. The monoisotopic (exact) mass is 209 g/mol. The molecule has 2 unspecified atom stereocenters. The van der Waals surface area contributed by atoms with Crippen molar-refractivity contribution < 1.29 is 18.3 Å². The second-order valence-corrected chi connectivity index (χ2v) is 3.39. The minimum Gasteiger partial charge on any atom is -0.377 e. The van der Waals surface area contributed by atoms with Crippen LogP contribution in [0.15, 0.2) is 0 Å². The highest BCUT2D eigenvalue weighted by atomic mass is 19.3. The molecule has 0 spiro atoms. The fraction of sp³-hybridized carbons (Fsp3) is 1.00. The lowest BCUT2D eigenvalue weighted by Crippen LogP contribution is -2.36. The third-order valence-electron chi connectivity index (χ3n) is 2.27. The van der Waals surface area contributed by atoms with Crippen molar-refractivity contribution in [3.05, 3.63) is 0 Å². The summed E-state index contributed by atoms with van der Waals surface area (Å²) in [6, 6.07) is 0.338. The van der Waals surface area contributed by atoms with Crippen molar-refractivity contribution in [1.29, 1.82) is 0 Å². The van der Waals surface area contributed by atoms with Gasteiger partial charge in [0.15, 0.2) is 0 Å². The maximum absolute atomic E-state index is 11.7. The van der Waals surface area contributed by atoms with Gasteiger partial charge in [-0.05, 0) is 13.3 Å². The molecule has 0 aromatic rings. The van der Waals surface area contributed by atoms with Gasteiger partial charge in [-0.15, -0.1) is 0 Å². The maximum atomic E-state index is 11.7. The van der Waals surface area contributed by atoms with E-state index in [1.54, 1.807) is 0 Å². The Hall–Kier alpha value is -0.260. The number of hydrogen-bond donors (Lipinski definition) is 1. The van der Waals surface area contributed by atoms with Crippen LogP contribution in [0.3, 0.4) is 0 Å². The van der Waals surface area contributed by atoms with E-state index in [0.717, 1.165) is 13.0 Å². The van der Waals surface area contributed by atoms with Crippen molar-refractivity contribution in [3.63, 3.8) is 0 Å². The molecule has 1 N–H and O–H groups in total. The first-order chi connectivity index (χ1) is 6.70. The molecule has 0 amide bonds. The Balaban J connectivity index is 1.93. The molecule has 84 valence electrons. The van der Waals surface area contributed by atoms with Crippen LogP contribution in [-0.4, -0.2) is 44.9 Å². The molecule has 2 atom stereocenters. The first kappa shape index (κ1) is 11.8. The molecule has 0 aromatic carbocycles. The predicted octanol–water partition coefficient (Wildman–Crippen LogP) is 1.04.